The van der Waals surface area contributed by atoms with E-state index in [0.29, 0.717) is 11.0 Å². The van der Waals surface area contributed by atoms with Crippen molar-refractivity contribution in [3.63, 3.8) is 0 Å². The largest absolute Gasteiger partial charge is 0.497 e. The van der Waals surface area contributed by atoms with E-state index in [4.69, 9.17) is 4.74 Å². The minimum atomic E-state index is -0.0637. The van der Waals surface area contributed by atoms with Crippen molar-refractivity contribution in [3.05, 3.63) is 90.5 Å². The second kappa shape index (κ2) is 10.2. The molecule has 1 amide bonds. The second-order valence-corrected chi connectivity index (χ2v) is 8.14. The van der Waals surface area contributed by atoms with Gasteiger partial charge in [0.15, 0.2) is 11.0 Å². The number of rotatable bonds is 8. The Morgan fingerprint density at radius 1 is 0.969 bits per heavy atom. The summed E-state index contributed by atoms with van der Waals surface area (Å²) in [5.74, 6) is 1.67. The first-order valence-corrected chi connectivity index (χ1v) is 11.3. The van der Waals surface area contributed by atoms with Gasteiger partial charge in [0, 0.05) is 11.3 Å². The molecule has 3 aromatic carbocycles. The predicted octanol–water partition coefficient (Wildman–Crippen LogP) is 4.91. The maximum absolute atomic E-state index is 12.6. The summed E-state index contributed by atoms with van der Waals surface area (Å²) in [5.41, 5.74) is 2.92. The van der Waals surface area contributed by atoms with E-state index in [1.165, 1.54) is 11.8 Å². The molecule has 0 spiro atoms. The molecule has 4 aromatic rings. The van der Waals surface area contributed by atoms with E-state index < -0.39 is 0 Å². The lowest BCUT2D eigenvalue weighted by atomic mass is 10.1. The summed E-state index contributed by atoms with van der Waals surface area (Å²) in [6.07, 6.45) is 0. The molecule has 1 aromatic heterocycles. The van der Waals surface area contributed by atoms with Gasteiger partial charge in [-0.2, -0.15) is 0 Å². The number of aromatic nitrogens is 3. The van der Waals surface area contributed by atoms with Crippen LogP contribution in [0, 0.1) is 0 Å². The van der Waals surface area contributed by atoms with Crippen LogP contribution in [0.15, 0.2) is 90.1 Å². The Morgan fingerprint density at radius 2 is 1.62 bits per heavy atom. The van der Waals surface area contributed by atoms with Crippen LogP contribution < -0.4 is 10.1 Å². The van der Waals surface area contributed by atoms with E-state index in [0.717, 1.165) is 22.6 Å². The lowest BCUT2D eigenvalue weighted by Crippen LogP contribution is -2.28. The predicted molar refractivity (Wildman–Crippen MR) is 127 cm³/mol. The van der Waals surface area contributed by atoms with Crippen LogP contribution in [0.3, 0.4) is 0 Å². The van der Waals surface area contributed by atoms with E-state index >= 15 is 0 Å². The molecule has 0 aliphatic carbocycles. The third-order valence-electron chi connectivity index (χ3n) is 5.01. The second-order valence-electron chi connectivity index (χ2n) is 7.19. The quantitative estimate of drug-likeness (QED) is 0.391. The molecule has 1 N–H and O–H groups in total. The Balaban J connectivity index is 1.54. The normalized spacial score (nSPS) is 11.7. The maximum Gasteiger partial charge on any atom is 0.230 e. The number of hydrogen-bond acceptors (Lipinski definition) is 5. The van der Waals surface area contributed by atoms with Crippen molar-refractivity contribution in [2.24, 2.45) is 0 Å². The van der Waals surface area contributed by atoms with Crippen LogP contribution in [0.5, 0.6) is 5.75 Å². The Bertz CT molecular complexity index is 1160. The smallest absolute Gasteiger partial charge is 0.230 e. The van der Waals surface area contributed by atoms with Gasteiger partial charge in [-0.05, 0) is 48.9 Å². The molecule has 0 saturated heterocycles. The van der Waals surface area contributed by atoms with Crippen LogP contribution in [0.1, 0.15) is 18.5 Å². The zero-order valence-corrected chi connectivity index (χ0v) is 18.8. The van der Waals surface area contributed by atoms with E-state index in [1.54, 1.807) is 7.11 Å². The highest BCUT2D eigenvalue weighted by Crippen LogP contribution is 2.29. The van der Waals surface area contributed by atoms with Gasteiger partial charge in [0.25, 0.3) is 0 Å². The number of nitrogens with one attached hydrogen (secondary N) is 1. The number of methoxy groups -OCH3 is 1. The van der Waals surface area contributed by atoms with Crippen LogP contribution >= 0.6 is 11.8 Å². The molecule has 1 heterocycles. The number of carbonyl (C=O) groups is 1. The van der Waals surface area contributed by atoms with Crippen molar-refractivity contribution < 1.29 is 9.53 Å². The molecule has 0 fully saturated rings. The molecule has 0 radical (unpaired) electrons. The average Bonchev–Trinajstić information content (AvgIpc) is 3.28. The summed E-state index contributed by atoms with van der Waals surface area (Å²) < 4.78 is 7.23. The van der Waals surface area contributed by atoms with Crippen molar-refractivity contribution >= 4 is 17.7 Å². The summed E-state index contributed by atoms with van der Waals surface area (Å²) >= 11 is 1.36. The van der Waals surface area contributed by atoms with Crippen LogP contribution in [-0.2, 0) is 4.79 Å². The highest BCUT2D eigenvalue weighted by atomic mass is 32.2. The summed E-state index contributed by atoms with van der Waals surface area (Å²) in [4.78, 5) is 12.6. The van der Waals surface area contributed by atoms with Crippen molar-refractivity contribution in [3.8, 4) is 22.8 Å². The van der Waals surface area contributed by atoms with E-state index in [1.807, 2.05) is 96.4 Å². The molecule has 32 heavy (non-hydrogen) atoms. The molecule has 0 bridgehead atoms. The zero-order chi connectivity index (χ0) is 22.3. The number of amides is 1. The number of nitrogens with zero attached hydrogens (tertiary/aromatic N) is 3. The Morgan fingerprint density at radius 3 is 2.28 bits per heavy atom. The monoisotopic (exact) mass is 444 g/mol. The topological polar surface area (TPSA) is 69.0 Å². The minimum absolute atomic E-state index is 0.0556. The molecule has 7 heteroatoms. The molecule has 0 aliphatic heterocycles. The fraction of sp³-hybridized carbons (Fsp3) is 0.160. The van der Waals surface area contributed by atoms with E-state index in [-0.39, 0.29) is 17.7 Å². The van der Waals surface area contributed by atoms with Crippen LogP contribution in [-0.4, -0.2) is 33.5 Å². The Kier molecular flexibility index (Phi) is 6.87. The fourth-order valence-electron chi connectivity index (χ4n) is 3.34. The van der Waals surface area contributed by atoms with Gasteiger partial charge >= 0.3 is 0 Å². The van der Waals surface area contributed by atoms with E-state index in [9.17, 15) is 4.79 Å². The highest BCUT2D eigenvalue weighted by molar-refractivity contribution is 7.99. The highest BCUT2D eigenvalue weighted by Gasteiger charge is 2.18. The first-order valence-electron chi connectivity index (χ1n) is 10.3. The van der Waals surface area contributed by atoms with Crippen LogP contribution in [0.2, 0.25) is 0 Å². The lowest BCUT2D eigenvalue weighted by molar-refractivity contribution is -0.119. The Hall–Kier alpha value is -3.58. The Labute approximate surface area is 191 Å². The molecule has 162 valence electrons. The zero-order valence-electron chi connectivity index (χ0n) is 17.9. The number of benzene rings is 3. The van der Waals surface area contributed by atoms with Crippen molar-refractivity contribution in [2.45, 2.75) is 18.1 Å². The molecular formula is C25H24N4O2S. The third kappa shape index (κ3) is 5.00. The van der Waals surface area contributed by atoms with Crippen molar-refractivity contribution in [2.75, 3.05) is 12.9 Å². The van der Waals surface area contributed by atoms with Crippen LogP contribution in [0.4, 0.5) is 0 Å². The summed E-state index contributed by atoms with van der Waals surface area (Å²) in [5, 5.41) is 12.5. The summed E-state index contributed by atoms with van der Waals surface area (Å²) in [7, 11) is 1.64. The maximum atomic E-state index is 12.6. The van der Waals surface area contributed by atoms with Gasteiger partial charge in [-0.25, -0.2) is 0 Å². The van der Waals surface area contributed by atoms with E-state index in [2.05, 4.69) is 15.5 Å². The van der Waals surface area contributed by atoms with Gasteiger partial charge in [0.05, 0.1) is 18.9 Å². The molecule has 4 rings (SSSR count). The third-order valence-corrected chi connectivity index (χ3v) is 5.93. The van der Waals surface area contributed by atoms with Gasteiger partial charge in [0.1, 0.15) is 5.75 Å². The molecule has 1 unspecified atom stereocenters. The number of hydrogen-bond donors (Lipinski definition) is 1. The lowest BCUT2D eigenvalue weighted by Gasteiger charge is -2.14. The first kappa shape index (κ1) is 21.6. The molecular weight excluding hydrogens is 420 g/mol. The van der Waals surface area contributed by atoms with Crippen molar-refractivity contribution in [1.82, 2.24) is 20.1 Å². The van der Waals surface area contributed by atoms with Crippen molar-refractivity contribution in [1.29, 1.82) is 0 Å². The molecule has 6 nitrogen and oxygen atoms in total. The number of thioether (sulfide) groups is 1. The molecule has 1 atom stereocenters. The average molecular weight is 445 g/mol. The molecule has 0 aliphatic rings. The number of ether oxygens (including phenoxy) is 1. The number of carbonyl (C=O) groups excluding carboxylic acids is 1. The number of para-hydroxylation sites is 1. The summed E-state index contributed by atoms with van der Waals surface area (Å²) in [6, 6.07) is 27.4. The van der Waals surface area contributed by atoms with Crippen LogP contribution in [0.25, 0.3) is 17.1 Å². The van der Waals surface area contributed by atoms with Gasteiger partial charge < -0.3 is 10.1 Å². The first-order chi connectivity index (χ1) is 15.7. The van der Waals surface area contributed by atoms with Gasteiger partial charge in [0.2, 0.25) is 5.91 Å². The molecule has 0 saturated carbocycles. The van der Waals surface area contributed by atoms with Gasteiger partial charge in [-0.15, -0.1) is 10.2 Å². The fourth-order valence-corrected chi connectivity index (χ4v) is 4.10. The minimum Gasteiger partial charge on any atom is -0.497 e. The van der Waals surface area contributed by atoms with Gasteiger partial charge in [-0.3, -0.25) is 9.36 Å². The summed E-state index contributed by atoms with van der Waals surface area (Å²) in [6.45, 7) is 1.98. The van der Waals surface area contributed by atoms with Gasteiger partial charge in [-0.1, -0.05) is 60.3 Å². The standard InChI is InChI=1S/C25H24N4O2S/c1-18(19-9-5-3-6-10-19)26-23(30)17-32-25-28-27-24(20-13-15-22(31-2)16-14-20)29(25)21-11-7-4-8-12-21/h3-16,18H,17H2,1-2H3,(H,26,30). The SMILES string of the molecule is COc1ccc(-c2nnc(SCC(=O)NC(C)c3ccccc3)n2-c2ccccc2)cc1.